The predicted octanol–water partition coefficient (Wildman–Crippen LogP) is 3.23. The van der Waals surface area contributed by atoms with Crippen LogP contribution in [0.1, 0.15) is 0 Å². The van der Waals surface area contributed by atoms with Gasteiger partial charge in [0.05, 0.1) is 19.6 Å². The van der Waals surface area contributed by atoms with Crippen molar-refractivity contribution in [3.8, 4) is 34.8 Å². The second kappa shape index (κ2) is 7.18. The van der Waals surface area contributed by atoms with Crippen molar-refractivity contribution in [3.05, 3.63) is 47.7 Å². The number of nitrogens with zero attached hydrogens (tertiary/aromatic N) is 6. The van der Waals surface area contributed by atoms with Crippen molar-refractivity contribution < 1.29 is 14.2 Å². The SMILES string of the molecule is COc1ccccc1Oc1c([N+]#N)nc(-c2ncccn2)nc1OC. The first-order chi connectivity index (χ1) is 12.3. The molecule has 124 valence electrons. The molecule has 2 heterocycles. The molecule has 0 aliphatic heterocycles. The minimum Gasteiger partial charge on any atom is -0.493 e. The molecule has 3 aromatic rings. The molecule has 9 nitrogen and oxygen atoms in total. The van der Waals surface area contributed by atoms with Crippen LogP contribution in [0, 0.1) is 5.39 Å². The van der Waals surface area contributed by atoms with Crippen molar-refractivity contribution in [3.63, 3.8) is 0 Å². The molecular formula is C16H13N6O3+. The Morgan fingerprint density at radius 3 is 2.24 bits per heavy atom. The Balaban J connectivity index is 2.09. The van der Waals surface area contributed by atoms with E-state index in [0.717, 1.165) is 0 Å². The monoisotopic (exact) mass is 337 g/mol. The van der Waals surface area contributed by atoms with Crippen LogP contribution < -0.4 is 14.2 Å². The smallest absolute Gasteiger partial charge is 0.493 e. The Kier molecular flexibility index (Phi) is 4.62. The highest BCUT2D eigenvalue weighted by molar-refractivity contribution is 5.62. The summed E-state index contributed by atoms with van der Waals surface area (Å²) in [6.45, 7) is 0. The van der Waals surface area contributed by atoms with Crippen LogP contribution in [0.2, 0.25) is 0 Å². The molecule has 0 aliphatic rings. The van der Waals surface area contributed by atoms with Gasteiger partial charge in [0, 0.05) is 22.4 Å². The number of diazo groups is 1. The molecule has 0 bridgehead atoms. The third kappa shape index (κ3) is 3.28. The lowest BCUT2D eigenvalue weighted by Crippen LogP contribution is -2.00. The summed E-state index contributed by atoms with van der Waals surface area (Å²) >= 11 is 0. The van der Waals surface area contributed by atoms with Gasteiger partial charge in [-0.05, 0) is 18.2 Å². The van der Waals surface area contributed by atoms with Crippen LogP contribution in [-0.2, 0) is 0 Å². The average Bonchev–Trinajstić information content (AvgIpc) is 2.69. The van der Waals surface area contributed by atoms with Crippen LogP contribution >= 0.6 is 0 Å². The Morgan fingerprint density at radius 1 is 0.880 bits per heavy atom. The number of hydrogen-bond donors (Lipinski definition) is 0. The van der Waals surface area contributed by atoms with Gasteiger partial charge in [0.25, 0.3) is 5.88 Å². The normalized spacial score (nSPS) is 9.96. The van der Waals surface area contributed by atoms with Gasteiger partial charge in [-0.15, -0.1) is 0 Å². The molecule has 25 heavy (non-hydrogen) atoms. The minimum absolute atomic E-state index is 0.0363. The van der Waals surface area contributed by atoms with Crippen molar-refractivity contribution in [2.24, 2.45) is 0 Å². The number of methoxy groups -OCH3 is 2. The molecule has 0 saturated carbocycles. The maximum absolute atomic E-state index is 9.34. The van der Waals surface area contributed by atoms with Gasteiger partial charge in [0.1, 0.15) is 0 Å². The first-order valence-electron chi connectivity index (χ1n) is 7.16. The maximum Gasteiger partial charge on any atom is 0.515 e. The largest absolute Gasteiger partial charge is 0.515 e. The molecule has 0 N–H and O–H groups in total. The van der Waals surface area contributed by atoms with Crippen molar-refractivity contribution in [2.75, 3.05) is 14.2 Å². The van der Waals surface area contributed by atoms with Crippen molar-refractivity contribution in [1.29, 1.82) is 5.39 Å². The topological polar surface area (TPSA) is 107 Å². The first kappa shape index (κ1) is 16.1. The summed E-state index contributed by atoms with van der Waals surface area (Å²) < 4.78 is 16.3. The zero-order chi connectivity index (χ0) is 17.6. The Labute approximate surface area is 142 Å². The van der Waals surface area contributed by atoms with E-state index in [4.69, 9.17) is 14.2 Å². The highest BCUT2D eigenvalue weighted by Gasteiger charge is 2.30. The van der Waals surface area contributed by atoms with Crippen LogP contribution in [0.4, 0.5) is 5.82 Å². The van der Waals surface area contributed by atoms with E-state index in [9.17, 15) is 5.39 Å². The first-order valence-corrected chi connectivity index (χ1v) is 7.16. The maximum atomic E-state index is 9.34. The fourth-order valence-electron chi connectivity index (χ4n) is 2.04. The standard InChI is InChI=1S/C16H13N6O3/c1-23-10-6-3-4-7-11(10)25-12-13(22-17)20-15(21-16(12)24-2)14-18-8-5-9-19-14/h3-9H,1-2H3/q+1. The van der Waals surface area contributed by atoms with E-state index in [0.29, 0.717) is 11.5 Å². The summed E-state index contributed by atoms with van der Waals surface area (Å²) in [5, 5.41) is 9.34. The highest BCUT2D eigenvalue weighted by Crippen LogP contribution is 2.41. The molecule has 0 unspecified atom stereocenters. The minimum atomic E-state index is -0.125. The zero-order valence-corrected chi connectivity index (χ0v) is 13.4. The van der Waals surface area contributed by atoms with Crippen LogP contribution in [0.5, 0.6) is 23.1 Å². The van der Waals surface area contributed by atoms with Crippen LogP contribution in [-0.4, -0.2) is 34.2 Å². The molecule has 0 amide bonds. The van der Waals surface area contributed by atoms with E-state index >= 15 is 0 Å². The van der Waals surface area contributed by atoms with E-state index < -0.39 is 0 Å². The molecule has 0 aliphatic carbocycles. The lowest BCUT2D eigenvalue weighted by molar-refractivity contribution is 0.348. The molecule has 0 radical (unpaired) electrons. The third-order valence-electron chi connectivity index (χ3n) is 3.15. The quantitative estimate of drug-likeness (QED) is 0.653. The van der Waals surface area contributed by atoms with E-state index in [1.54, 1.807) is 42.7 Å². The van der Waals surface area contributed by atoms with Crippen molar-refractivity contribution in [1.82, 2.24) is 19.9 Å². The lowest BCUT2D eigenvalue weighted by Gasteiger charge is -2.10. The van der Waals surface area contributed by atoms with E-state index in [1.807, 2.05) is 0 Å². The summed E-state index contributed by atoms with van der Waals surface area (Å²) in [5.74, 6) is 1.25. The van der Waals surface area contributed by atoms with Crippen molar-refractivity contribution >= 4 is 5.82 Å². The number of aromatic nitrogens is 4. The molecule has 0 spiro atoms. The van der Waals surface area contributed by atoms with E-state index in [-0.39, 0.29) is 29.1 Å². The van der Waals surface area contributed by atoms with Gasteiger partial charge < -0.3 is 14.2 Å². The number of rotatable bonds is 5. The predicted molar refractivity (Wildman–Crippen MR) is 87.4 cm³/mol. The lowest BCUT2D eigenvalue weighted by atomic mass is 10.3. The number of benzene rings is 1. The van der Waals surface area contributed by atoms with E-state index in [2.05, 4.69) is 24.9 Å². The van der Waals surface area contributed by atoms with Gasteiger partial charge in [-0.2, -0.15) is 4.98 Å². The number of hydrogen-bond acceptors (Lipinski definition) is 8. The molecule has 0 fully saturated rings. The molecule has 0 atom stereocenters. The van der Waals surface area contributed by atoms with Gasteiger partial charge in [-0.3, -0.25) is 0 Å². The Morgan fingerprint density at radius 2 is 1.60 bits per heavy atom. The molecule has 2 aromatic heterocycles. The molecule has 9 heteroatoms. The molecule has 0 saturated heterocycles. The molecule has 1 aromatic carbocycles. The fraction of sp³-hybridized carbons (Fsp3) is 0.125. The summed E-state index contributed by atoms with van der Waals surface area (Å²) in [6, 6.07) is 8.65. The fourth-order valence-corrected chi connectivity index (χ4v) is 2.04. The summed E-state index contributed by atoms with van der Waals surface area (Å²) in [4.78, 5) is 19.6. The second-order valence-electron chi connectivity index (χ2n) is 4.63. The average molecular weight is 337 g/mol. The summed E-state index contributed by atoms with van der Waals surface area (Å²) in [5.41, 5.74) is 0. The summed E-state index contributed by atoms with van der Waals surface area (Å²) in [6.07, 6.45) is 3.10. The van der Waals surface area contributed by atoms with Crippen molar-refractivity contribution in [2.45, 2.75) is 0 Å². The second-order valence-corrected chi connectivity index (χ2v) is 4.63. The van der Waals surface area contributed by atoms with Crippen LogP contribution in [0.15, 0.2) is 42.7 Å². The Bertz CT molecular complexity index is 927. The zero-order valence-electron chi connectivity index (χ0n) is 13.4. The van der Waals surface area contributed by atoms with Gasteiger partial charge in [0.2, 0.25) is 5.82 Å². The molecule has 3 rings (SSSR count). The van der Waals surface area contributed by atoms with Gasteiger partial charge in [-0.25, -0.2) is 9.97 Å². The molecular weight excluding hydrogens is 324 g/mol. The Hall–Kier alpha value is -3.80. The van der Waals surface area contributed by atoms with Gasteiger partial charge in [-0.1, -0.05) is 12.1 Å². The van der Waals surface area contributed by atoms with Crippen LogP contribution in [0.3, 0.4) is 0 Å². The van der Waals surface area contributed by atoms with Gasteiger partial charge >= 0.3 is 17.4 Å². The number of ether oxygens (including phenoxy) is 3. The van der Waals surface area contributed by atoms with Gasteiger partial charge in [0.15, 0.2) is 11.5 Å². The number of para-hydroxylation sites is 2. The summed E-state index contributed by atoms with van der Waals surface area (Å²) in [7, 11) is 2.93. The van der Waals surface area contributed by atoms with Crippen LogP contribution in [0.25, 0.3) is 16.6 Å². The third-order valence-corrected chi connectivity index (χ3v) is 3.15. The van der Waals surface area contributed by atoms with E-state index in [1.165, 1.54) is 14.2 Å². The highest BCUT2D eigenvalue weighted by atomic mass is 16.5.